The highest BCUT2D eigenvalue weighted by molar-refractivity contribution is 5.76. The van der Waals surface area contributed by atoms with E-state index in [1.165, 1.54) is 89.9 Å². The van der Waals surface area contributed by atoms with Crippen molar-refractivity contribution in [1.29, 1.82) is 0 Å². The maximum atomic E-state index is 13.1. The maximum absolute atomic E-state index is 13.1. The molecule has 2 fully saturated rings. The number of rotatable bonds is 37. The third-order valence-corrected chi connectivity index (χ3v) is 12.2. The highest BCUT2D eigenvalue weighted by atomic mass is 16.7. The molecule has 14 heteroatoms. The van der Waals surface area contributed by atoms with Crippen LogP contribution in [0.25, 0.3) is 0 Å². The number of hydrogen-bond donors (Lipinski definition) is 9. The van der Waals surface area contributed by atoms with Crippen LogP contribution in [0.4, 0.5) is 0 Å². The van der Waals surface area contributed by atoms with Gasteiger partial charge in [-0.15, -0.1) is 0 Å². The third-order valence-electron chi connectivity index (χ3n) is 12.2. The summed E-state index contributed by atoms with van der Waals surface area (Å²) in [6.07, 6.45) is 17.8. The fourth-order valence-electron chi connectivity index (χ4n) is 8.17. The second kappa shape index (κ2) is 35.0. The Morgan fingerprint density at radius 2 is 1.03 bits per heavy atom. The van der Waals surface area contributed by atoms with E-state index in [0.29, 0.717) is 19.3 Å². The Balaban J connectivity index is 1.86. The zero-order valence-electron chi connectivity index (χ0n) is 37.9. The predicted molar refractivity (Wildman–Crippen MR) is 235 cm³/mol. The van der Waals surface area contributed by atoms with Crippen molar-refractivity contribution < 1.29 is 64.6 Å². The summed E-state index contributed by atoms with van der Waals surface area (Å²) >= 11 is 0. The first-order chi connectivity index (χ1) is 29.6. The van der Waals surface area contributed by atoms with Gasteiger partial charge in [-0.1, -0.05) is 154 Å². The van der Waals surface area contributed by atoms with Gasteiger partial charge in [0, 0.05) is 6.42 Å². The second-order valence-corrected chi connectivity index (χ2v) is 17.6. The molecule has 2 rings (SSSR count). The molecule has 2 aliphatic rings. The molecule has 12 atom stereocenters. The molecule has 0 aromatic carbocycles. The van der Waals surface area contributed by atoms with E-state index in [-0.39, 0.29) is 12.5 Å². The topological polar surface area (TPSA) is 228 Å². The fraction of sp³-hybridized carbons (Fsp3) is 0.936. The van der Waals surface area contributed by atoms with Gasteiger partial charge in [-0.3, -0.25) is 4.79 Å². The molecule has 1 amide bonds. The van der Waals surface area contributed by atoms with Crippen LogP contribution in [0.3, 0.4) is 0 Å². The summed E-state index contributed by atoms with van der Waals surface area (Å²) in [5, 5.41) is 86.7. The predicted octanol–water partition coefficient (Wildman–Crippen LogP) is 5.60. The molecule has 0 spiro atoms. The summed E-state index contributed by atoms with van der Waals surface area (Å²) in [6.45, 7) is 2.82. The zero-order valence-corrected chi connectivity index (χ0v) is 37.9. The number of amides is 1. The second-order valence-electron chi connectivity index (χ2n) is 17.6. The highest BCUT2D eigenvalue weighted by Crippen LogP contribution is 2.30. The van der Waals surface area contributed by atoms with E-state index in [0.717, 1.165) is 64.2 Å². The van der Waals surface area contributed by atoms with Gasteiger partial charge in [0.05, 0.1) is 32.0 Å². The monoisotopic (exact) mass is 876 g/mol. The summed E-state index contributed by atoms with van der Waals surface area (Å²) in [7, 11) is 0. The maximum Gasteiger partial charge on any atom is 0.220 e. The molecule has 2 heterocycles. The molecular weight excluding hydrogens is 787 g/mol. The van der Waals surface area contributed by atoms with Gasteiger partial charge in [-0.2, -0.15) is 0 Å². The number of unbranched alkanes of at least 4 members (excludes halogenated alkanes) is 22. The van der Waals surface area contributed by atoms with Crippen LogP contribution >= 0.6 is 0 Å². The van der Waals surface area contributed by atoms with Gasteiger partial charge >= 0.3 is 0 Å². The van der Waals surface area contributed by atoms with Crippen molar-refractivity contribution in [3.8, 4) is 0 Å². The first-order valence-corrected chi connectivity index (χ1v) is 24.4. The molecule has 2 saturated heterocycles. The summed E-state index contributed by atoms with van der Waals surface area (Å²) in [4.78, 5) is 13.1. The van der Waals surface area contributed by atoms with Gasteiger partial charge < -0.3 is 65.1 Å². The lowest BCUT2D eigenvalue weighted by Crippen LogP contribution is -2.65. The molecule has 0 aromatic heterocycles. The molecule has 9 N–H and O–H groups in total. The van der Waals surface area contributed by atoms with Gasteiger partial charge in [0.2, 0.25) is 5.91 Å². The normalized spacial score (nSPS) is 28.0. The Bertz CT molecular complexity index is 1080. The van der Waals surface area contributed by atoms with E-state index in [4.69, 9.17) is 18.9 Å². The average Bonchev–Trinajstić information content (AvgIpc) is 3.26. The minimum absolute atomic E-state index is 0.216. The number of ether oxygens (including phenoxy) is 4. The van der Waals surface area contributed by atoms with Gasteiger partial charge in [0.15, 0.2) is 12.6 Å². The number of carbonyl (C=O) groups is 1. The van der Waals surface area contributed by atoms with Crippen molar-refractivity contribution in [3.63, 3.8) is 0 Å². The van der Waals surface area contributed by atoms with Crippen molar-refractivity contribution in [2.45, 2.75) is 261 Å². The highest BCUT2D eigenvalue weighted by Gasteiger charge is 2.51. The van der Waals surface area contributed by atoms with E-state index in [2.05, 4.69) is 31.3 Å². The molecule has 14 nitrogen and oxygen atoms in total. The number of nitrogens with one attached hydrogen (secondary N) is 1. The van der Waals surface area contributed by atoms with E-state index < -0.39 is 86.8 Å². The number of aliphatic hydroxyl groups excluding tert-OH is 8. The Labute approximate surface area is 367 Å². The number of allylic oxidation sites excluding steroid dienone is 2. The first kappa shape index (κ1) is 55.9. The quantitative estimate of drug-likeness (QED) is 0.0274. The molecule has 0 saturated carbocycles. The van der Waals surface area contributed by atoms with Crippen LogP contribution in [-0.2, 0) is 23.7 Å². The minimum atomic E-state index is -1.78. The van der Waals surface area contributed by atoms with Crippen LogP contribution in [-0.4, -0.2) is 140 Å². The third kappa shape index (κ3) is 23.0. The van der Waals surface area contributed by atoms with Crippen molar-refractivity contribution in [1.82, 2.24) is 5.32 Å². The van der Waals surface area contributed by atoms with Crippen LogP contribution in [0.5, 0.6) is 0 Å². The van der Waals surface area contributed by atoms with E-state index >= 15 is 0 Å². The van der Waals surface area contributed by atoms with Crippen molar-refractivity contribution in [2.75, 3.05) is 19.8 Å². The smallest absolute Gasteiger partial charge is 0.220 e. The zero-order chi connectivity index (χ0) is 44.7. The van der Waals surface area contributed by atoms with Crippen LogP contribution < -0.4 is 5.32 Å². The van der Waals surface area contributed by atoms with E-state index in [1.54, 1.807) is 0 Å². The van der Waals surface area contributed by atoms with Crippen LogP contribution in [0.1, 0.15) is 187 Å². The molecule has 0 bridgehead atoms. The van der Waals surface area contributed by atoms with E-state index in [9.17, 15) is 45.6 Å². The summed E-state index contributed by atoms with van der Waals surface area (Å²) in [5.41, 5.74) is 0. The Morgan fingerprint density at radius 3 is 1.56 bits per heavy atom. The average molecular weight is 876 g/mol. The van der Waals surface area contributed by atoms with E-state index in [1.807, 2.05) is 0 Å². The van der Waals surface area contributed by atoms with Crippen molar-refractivity contribution >= 4 is 5.91 Å². The Hall–Kier alpha value is -1.27. The summed E-state index contributed by atoms with van der Waals surface area (Å²) in [6, 6.07) is -0.827. The van der Waals surface area contributed by atoms with Gasteiger partial charge in [0.25, 0.3) is 0 Å². The number of carbonyl (C=O) groups excluding carboxylic acids is 1. The molecular formula is C47H89NO13. The lowest BCUT2D eigenvalue weighted by Gasteiger charge is -2.46. The molecule has 360 valence electrons. The fourth-order valence-corrected chi connectivity index (χ4v) is 8.17. The van der Waals surface area contributed by atoms with Crippen LogP contribution in [0.2, 0.25) is 0 Å². The van der Waals surface area contributed by atoms with Crippen molar-refractivity contribution in [3.05, 3.63) is 12.2 Å². The van der Waals surface area contributed by atoms with Gasteiger partial charge in [0.1, 0.15) is 48.8 Å². The molecule has 0 aromatic rings. The van der Waals surface area contributed by atoms with Crippen LogP contribution in [0.15, 0.2) is 12.2 Å². The van der Waals surface area contributed by atoms with Crippen molar-refractivity contribution in [2.24, 2.45) is 0 Å². The van der Waals surface area contributed by atoms with Gasteiger partial charge in [-0.25, -0.2) is 0 Å². The SMILES string of the molecule is CCCCCCCC/C=C\CCCCCCCC(=O)NC(COC1OC(CO)C(OC2OC(CO)C(O)C(O)C2O)C(O)C1O)C(O)CCCCCCCCCCCCCC. The lowest BCUT2D eigenvalue weighted by molar-refractivity contribution is -0.359. The number of aliphatic hydroxyl groups is 8. The molecule has 61 heavy (non-hydrogen) atoms. The number of hydrogen-bond acceptors (Lipinski definition) is 13. The molecule has 12 unspecified atom stereocenters. The minimum Gasteiger partial charge on any atom is -0.394 e. The standard InChI is InChI=1S/C47H89NO13/c1-3-5-7-9-11-13-15-17-18-19-21-23-25-27-29-31-39(52)48-35(36(51)30-28-26-24-22-20-16-14-12-10-8-6-4-2)34-58-46-44(57)42(55)45(38(33-50)60-46)61-47-43(56)41(54)40(53)37(32-49)59-47/h17-18,35-38,40-47,49-51,53-57H,3-16,19-34H2,1-2H3,(H,48,52)/b18-17-. The Morgan fingerprint density at radius 1 is 0.574 bits per heavy atom. The van der Waals surface area contributed by atoms with Gasteiger partial charge in [-0.05, 0) is 38.5 Å². The largest absolute Gasteiger partial charge is 0.394 e. The molecule has 2 aliphatic heterocycles. The lowest BCUT2D eigenvalue weighted by atomic mass is 9.97. The van der Waals surface area contributed by atoms with Crippen LogP contribution in [0, 0.1) is 0 Å². The summed E-state index contributed by atoms with van der Waals surface area (Å²) < 4.78 is 22.7. The summed E-state index contributed by atoms with van der Waals surface area (Å²) in [5.74, 6) is -0.216. The first-order valence-electron chi connectivity index (χ1n) is 24.4. The Kier molecular flexibility index (Phi) is 32.1. The molecule has 0 radical (unpaired) electrons. The molecule has 0 aliphatic carbocycles.